The summed E-state index contributed by atoms with van der Waals surface area (Å²) in [6, 6.07) is 7.57. The highest BCUT2D eigenvalue weighted by Crippen LogP contribution is 2.18. The lowest BCUT2D eigenvalue weighted by Crippen LogP contribution is -2.17. The minimum absolute atomic E-state index is 0.0770. The molecule has 5 heteroatoms. The van der Waals surface area contributed by atoms with Gasteiger partial charge in [0.15, 0.2) is 0 Å². The molecule has 0 saturated carbocycles. The first-order chi connectivity index (χ1) is 9.10. The average molecular weight is 258 g/mol. The molecule has 1 aromatic carbocycles. The van der Waals surface area contributed by atoms with E-state index in [4.69, 9.17) is 0 Å². The highest BCUT2D eigenvalue weighted by atomic mass is 16.1. The van der Waals surface area contributed by atoms with Crippen LogP contribution in [0, 0.1) is 0 Å². The number of aromatic nitrogens is 2. The Balaban J connectivity index is 2.05. The predicted octanol–water partition coefficient (Wildman–Crippen LogP) is 1.95. The van der Waals surface area contributed by atoms with E-state index in [1.807, 2.05) is 31.6 Å². The summed E-state index contributed by atoms with van der Waals surface area (Å²) in [6.07, 6.45) is 3.83. The van der Waals surface area contributed by atoms with Crippen LogP contribution in [-0.4, -0.2) is 22.7 Å². The van der Waals surface area contributed by atoms with Gasteiger partial charge in [0.1, 0.15) is 0 Å². The van der Waals surface area contributed by atoms with Gasteiger partial charge in [-0.3, -0.25) is 9.48 Å². The molecule has 1 unspecified atom stereocenters. The summed E-state index contributed by atoms with van der Waals surface area (Å²) in [4.78, 5) is 11.4. The summed E-state index contributed by atoms with van der Waals surface area (Å²) in [5.74, 6) is -0.0770. The highest BCUT2D eigenvalue weighted by molar-refractivity contribution is 5.94. The van der Waals surface area contributed by atoms with Crippen molar-refractivity contribution in [1.82, 2.24) is 15.1 Å². The zero-order valence-electron chi connectivity index (χ0n) is 11.3. The van der Waals surface area contributed by atoms with Crippen molar-refractivity contribution in [3.63, 3.8) is 0 Å². The average Bonchev–Trinajstić information content (AvgIpc) is 2.85. The van der Waals surface area contributed by atoms with Crippen molar-refractivity contribution in [2.75, 3.05) is 12.4 Å². The second-order valence-electron chi connectivity index (χ2n) is 4.47. The second kappa shape index (κ2) is 5.56. The summed E-state index contributed by atoms with van der Waals surface area (Å²) >= 11 is 0. The largest absolute Gasteiger partial charge is 0.378 e. The number of hydrogen-bond donors (Lipinski definition) is 2. The standard InChI is InChI=1S/C14H18N4O/c1-10(12-8-16-18(3)9-12)17-13-6-4-11(5-7-13)14(19)15-2/h4-10,17H,1-3H3,(H,15,19). The van der Waals surface area contributed by atoms with Crippen LogP contribution in [0.2, 0.25) is 0 Å². The molecule has 0 aliphatic carbocycles. The Kier molecular flexibility index (Phi) is 3.85. The number of benzene rings is 1. The molecule has 0 fully saturated rings. The number of carbonyl (C=O) groups is 1. The fourth-order valence-corrected chi connectivity index (χ4v) is 1.86. The van der Waals surface area contributed by atoms with Gasteiger partial charge in [-0.25, -0.2) is 0 Å². The smallest absolute Gasteiger partial charge is 0.251 e. The third-order valence-corrected chi connectivity index (χ3v) is 2.98. The van der Waals surface area contributed by atoms with Gasteiger partial charge in [0.05, 0.1) is 12.2 Å². The van der Waals surface area contributed by atoms with Gasteiger partial charge in [-0.15, -0.1) is 0 Å². The molecule has 0 aliphatic rings. The van der Waals surface area contributed by atoms with Gasteiger partial charge >= 0.3 is 0 Å². The summed E-state index contributed by atoms with van der Waals surface area (Å²) in [5, 5.41) is 10.1. The normalized spacial score (nSPS) is 11.9. The van der Waals surface area contributed by atoms with E-state index < -0.39 is 0 Å². The van der Waals surface area contributed by atoms with Crippen LogP contribution in [0.1, 0.15) is 28.9 Å². The summed E-state index contributed by atoms with van der Waals surface area (Å²) < 4.78 is 1.78. The molecule has 1 heterocycles. The molecule has 19 heavy (non-hydrogen) atoms. The molecule has 0 spiro atoms. The monoisotopic (exact) mass is 258 g/mol. The fourth-order valence-electron chi connectivity index (χ4n) is 1.86. The molecular weight excluding hydrogens is 240 g/mol. The van der Waals surface area contributed by atoms with Crippen LogP contribution in [0.15, 0.2) is 36.7 Å². The van der Waals surface area contributed by atoms with Crippen LogP contribution in [0.3, 0.4) is 0 Å². The van der Waals surface area contributed by atoms with Crippen LogP contribution in [0.4, 0.5) is 5.69 Å². The summed E-state index contributed by atoms with van der Waals surface area (Å²) in [6.45, 7) is 2.07. The topological polar surface area (TPSA) is 59.0 Å². The van der Waals surface area contributed by atoms with Crippen LogP contribution < -0.4 is 10.6 Å². The second-order valence-corrected chi connectivity index (χ2v) is 4.47. The van der Waals surface area contributed by atoms with Crippen molar-refractivity contribution in [3.8, 4) is 0 Å². The van der Waals surface area contributed by atoms with E-state index in [1.54, 1.807) is 23.9 Å². The SMILES string of the molecule is CNC(=O)c1ccc(NC(C)c2cnn(C)c2)cc1. The van der Waals surface area contributed by atoms with Crippen LogP contribution in [-0.2, 0) is 7.05 Å². The van der Waals surface area contributed by atoms with Crippen molar-refractivity contribution in [1.29, 1.82) is 0 Å². The number of hydrogen-bond acceptors (Lipinski definition) is 3. The third kappa shape index (κ3) is 3.13. The van der Waals surface area contributed by atoms with Gasteiger partial charge in [0.25, 0.3) is 5.91 Å². The number of aryl methyl sites for hydroxylation is 1. The summed E-state index contributed by atoms with van der Waals surface area (Å²) in [5.41, 5.74) is 2.75. The molecule has 0 radical (unpaired) electrons. The molecule has 1 amide bonds. The van der Waals surface area contributed by atoms with Crippen molar-refractivity contribution in [2.45, 2.75) is 13.0 Å². The third-order valence-electron chi connectivity index (χ3n) is 2.98. The minimum Gasteiger partial charge on any atom is -0.378 e. The van der Waals surface area contributed by atoms with Crippen molar-refractivity contribution >= 4 is 11.6 Å². The van der Waals surface area contributed by atoms with E-state index in [-0.39, 0.29) is 11.9 Å². The van der Waals surface area contributed by atoms with Gasteiger partial charge in [0, 0.05) is 37.1 Å². The number of rotatable bonds is 4. The minimum atomic E-state index is -0.0770. The molecule has 5 nitrogen and oxygen atoms in total. The van der Waals surface area contributed by atoms with E-state index in [0.717, 1.165) is 11.3 Å². The maximum Gasteiger partial charge on any atom is 0.251 e. The Morgan fingerprint density at radius 3 is 2.53 bits per heavy atom. The number of amides is 1. The van der Waals surface area contributed by atoms with E-state index in [1.165, 1.54) is 0 Å². The molecule has 0 saturated heterocycles. The van der Waals surface area contributed by atoms with Crippen LogP contribution >= 0.6 is 0 Å². The zero-order chi connectivity index (χ0) is 13.8. The lowest BCUT2D eigenvalue weighted by Gasteiger charge is -2.13. The van der Waals surface area contributed by atoms with Crippen LogP contribution in [0.5, 0.6) is 0 Å². The molecule has 0 bridgehead atoms. The number of nitrogens with one attached hydrogen (secondary N) is 2. The summed E-state index contributed by atoms with van der Waals surface area (Å²) in [7, 11) is 3.52. The molecule has 2 aromatic rings. The van der Waals surface area contributed by atoms with Crippen molar-refractivity contribution < 1.29 is 4.79 Å². The first-order valence-corrected chi connectivity index (χ1v) is 6.17. The first kappa shape index (κ1) is 13.1. The Morgan fingerprint density at radius 2 is 2.00 bits per heavy atom. The highest BCUT2D eigenvalue weighted by Gasteiger charge is 2.08. The number of nitrogens with zero attached hydrogens (tertiary/aromatic N) is 2. The Hall–Kier alpha value is -2.30. The molecular formula is C14H18N4O. The predicted molar refractivity (Wildman–Crippen MR) is 75.1 cm³/mol. The van der Waals surface area contributed by atoms with Crippen molar-refractivity contribution in [3.05, 3.63) is 47.8 Å². The Labute approximate surface area is 112 Å². The maximum atomic E-state index is 11.4. The van der Waals surface area contributed by atoms with Crippen LogP contribution in [0.25, 0.3) is 0 Å². The maximum absolute atomic E-state index is 11.4. The van der Waals surface area contributed by atoms with Crippen molar-refractivity contribution in [2.24, 2.45) is 7.05 Å². The lowest BCUT2D eigenvalue weighted by atomic mass is 10.1. The van der Waals surface area contributed by atoms with E-state index in [9.17, 15) is 4.79 Å². The molecule has 0 aliphatic heterocycles. The number of carbonyl (C=O) groups excluding carboxylic acids is 1. The molecule has 1 aromatic heterocycles. The zero-order valence-corrected chi connectivity index (χ0v) is 11.3. The van der Waals surface area contributed by atoms with Gasteiger partial charge < -0.3 is 10.6 Å². The van der Waals surface area contributed by atoms with E-state index in [2.05, 4.69) is 22.7 Å². The van der Waals surface area contributed by atoms with Gasteiger partial charge in [-0.05, 0) is 31.2 Å². The molecule has 2 rings (SSSR count). The van der Waals surface area contributed by atoms with Gasteiger partial charge in [-0.2, -0.15) is 5.10 Å². The first-order valence-electron chi connectivity index (χ1n) is 6.17. The lowest BCUT2D eigenvalue weighted by molar-refractivity contribution is 0.0963. The van der Waals surface area contributed by atoms with Gasteiger partial charge in [0.2, 0.25) is 0 Å². The molecule has 2 N–H and O–H groups in total. The fraction of sp³-hybridized carbons (Fsp3) is 0.286. The molecule has 1 atom stereocenters. The Morgan fingerprint density at radius 1 is 1.32 bits per heavy atom. The molecule has 100 valence electrons. The number of anilines is 1. The van der Waals surface area contributed by atoms with E-state index >= 15 is 0 Å². The van der Waals surface area contributed by atoms with E-state index in [0.29, 0.717) is 5.56 Å². The Bertz CT molecular complexity index is 559. The van der Waals surface area contributed by atoms with Gasteiger partial charge in [-0.1, -0.05) is 0 Å². The quantitative estimate of drug-likeness (QED) is 0.881.